The summed E-state index contributed by atoms with van der Waals surface area (Å²) >= 11 is 0. The van der Waals surface area contributed by atoms with Crippen molar-refractivity contribution in [3.63, 3.8) is 0 Å². The van der Waals surface area contributed by atoms with Crippen molar-refractivity contribution in [1.29, 1.82) is 0 Å². The second kappa shape index (κ2) is 7.38. The van der Waals surface area contributed by atoms with Crippen molar-refractivity contribution in [3.05, 3.63) is 41.5 Å². The lowest BCUT2D eigenvalue weighted by molar-refractivity contribution is -0.153. The molecule has 4 heteroatoms. The zero-order valence-electron chi connectivity index (χ0n) is 11.9. The van der Waals surface area contributed by atoms with Gasteiger partial charge in [0.1, 0.15) is 5.92 Å². The van der Waals surface area contributed by atoms with Crippen molar-refractivity contribution >= 4 is 23.6 Å². The van der Waals surface area contributed by atoms with Crippen molar-refractivity contribution in [2.75, 3.05) is 6.61 Å². The molecule has 1 aromatic rings. The van der Waals surface area contributed by atoms with Crippen LogP contribution >= 0.6 is 0 Å². The van der Waals surface area contributed by atoms with Crippen LogP contribution in [0.25, 0.3) is 6.08 Å². The summed E-state index contributed by atoms with van der Waals surface area (Å²) in [6.45, 7) is 4.78. The second-order valence-electron chi connectivity index (χ2n) is 4.41. The molecule has 0 aliphatic heterocycles. The van der Waals surface area contributed by atoms with Gasteiger partial charge in [0, 0.05) is 5.57 Å². The molecular weight excluding hydrogens is 256 g/mol. The van der Waals surface area contributed by atoms with Gasteiger partial charge < -0.3 is 4.74 Å². The van der Waals surface area contributed by atoms with Gasteiger partial charge in [-0.2, -0.15) is 0 Å². The Morgan fingerprint density at radius 1 is 1.20 bits per heavy atom. The number of ketones is 2. The molecule has 4 nitrogen and oxygen atoms in total. The normalized spacial score (nSPS) is 12.7. The minimum atomic E-state index is -1.07. The number of ether oxygens (including phenoxy) is 1. The summed E-state index contributed by atoms with van der Waals surface area (Å²) in [5.41, 5.74) is 1.13. The highest BCUT2D eigenvalue weighted by Crippen LogP contribution is 2.11. The number of carbonyl (C=O) groups excluding carboxylic acids is 3. The third kappa shape index (κ3) is 4.16. The first-order valence-corrected chi connectivity index (χ1v) is 6.46. The molecule has 1 aromatic carbocycles. The van der Waals surface area contributed by atoms with E-state index in [4.69, 9.17) is 4.74 Å². The first-order valence-electron chi connectivity index (χ1n) is 6.46. The lowest BCUT2D eigenvalue weighted by Gasteiger charge is -2.08. The smallest absolute Gasteiger partial charge is 0.316 e. The highest BCUT2D eigenvalue weighted by Gasteiger charge is 2.29. The maximum atomic E-state index is 12.0. The lowest BCUT2D eigenvalue weighted by Crippen LogP contribution is -2.29. The Balaban J connectivity index is 2.81. The van der Waals surface area contributed by atoms with Gasteiger partial charge in [-0.05, 0) is 32.4 Å². The fourth-order valence-electron chi connectivity index (χ4n) is 1.63. The number of allylic oxidation sites excluding steroid dienone is 1. The van der Waals surface area contributed by atoms with Gasteiger partial charge in [0.15, 0.2) is 0 Å². The molecule has 1 rings (SSSR count). The third-order valence-electron chi connectivity index (χ3n) is 2.80. The van der Waals surface area contributed by atoms with Gasteiger partial charge in [-0.15, -0.1) is 0 Å². The molecule has 1 atom stereocenters. The van der Waals surface area contributed by atoms with E-state index in [1.165, 1.54) is 6.92 Å². The van der Waals surface area contributed by atoms with Gasteiger partial charge in [0.05, 0.1) is 6.61 Å². The average Bonchev–Trinajstić information content (AvgIpc) is 2.46. The maximum Gasteiger partial charge on any atom is 0.316 e. The van der Waals surface area contributed by atoms with Crippen molar-refractivity contribution in [1.82, 2.24) is 0 Å². The van der Waals surface area contributed by atoms with Gasteiger partial charge in [-0.25, -0.2) is 0 Å². The number of carbonyl (C=O) groups is 3. The summed E-state index contributed by atoms with van der Waals surface area (Å²) in [6, 6.07) is 9.20. The SMILES string of the molecule is CCOC(=O)C(C)C(=O)C(=O)/C(C)=C/c1ccccc1. The van der Waals surface area contributed by atoms with E-state index < -0.39 is 23.5 Å². The monoisotopic (exact) mass is 274 g/mol. The van der Waals surface area contributed by atoms with E-state index in [0.717, 1.165) is 5.56 Å². The topological polar surface area (TPSA) is 60.4 Å². The number of hydrogen-bond acceptors (Lipinski definition) is 4. The van der Waals surface area contributed by atoms with Crippen molar-refractivity contribution < 1.29 is 19.1 Å². The minimum absolute atomic E-state index is 0.184. The Labute approximate surface area is 118 Å². The molecule has 20 heavy (non-hydrogen) atoms. The predicted molar refractivity (Wildman–Crippen MR) is 75.9 cm³/mol. The Bertz CT molecular complexity index is 529. The van der Waals surface area contributed by atoms with Crippen LogP contribution in [0.2, 0.25) is 0 Å². The predicted octanol–water partition coefficient (Wildman–Crippen LogP) is 2.43. The number of esters is 1. The van der Waals surface area contributed by atoms with Crippen molar-refractivity contribution in [2.24, 2.45) is 5.92 Å². The van der Waals surface area contributed by atoms with Crippen molar-refractivity contribution in [3.8, 4) is 0 Å². The molecule has 0 amide bonds. The van der Waals surface area contributed by atoms with Crippen LogP contribution in [-0.2, 0) is 19.1 Å². The van der Waals surface area contributed by atoms with Crippen LogP contribution in [0.4, 0.5) is 0 Å². The Kier molecular flexibility index (Phi) is 5.84. The van der Waals surface area contributed by atoms with Crippen molar-refractivity contribution in [2.45, 2.75) is 20.8 Å². The molecule has 0 aliphatic rings. The molecule has 0 bridgehead atoms. The van der Waals surface area contributed by atoms with Gasteiger partial charge >= 0.3 is 5.97 Å². The number of hydrogen-bond donors (Lipinski definition) is 0. The Morgan fingerprint density at radius 2 is 1.80 bits per heavy atom. The van der Waals surface area contributed by atoms with E-state index in [0.29, 0.717) is 5.57 Å². The summed E-state index contributed by atoms with van der Waals surface area (Å²) in [5, 5.41) is 0. The van der Waals surface area contributed by atoms with Gasteiger partial charge in [0.2, 0.25) is 11.6 Å². The zero-order valence-corrected chi connectivity index (χ0v) is 11.9. The summed E-state index contributed by atoms with van der Waals surface area (Å²) in [7, 11) is 0. The molecule has 0 radical (unpaired) electrons. The fraction of sp³-hybridized carbons (Fsp3) is 0.312. The van der Waals surface area contributed by atoms with E-state index in [1.807, 2.05) is 30.3 Å². The van der Waals surface area contributed by atoms with Crippen LogP contribution < -0.4 is 0 Å². The van der Waals surface area contributed by atoms with E-state index in [1.54, 1.807) is 19.9 Å². The number of rotatable bonds is 6. The van der Waals surface area contributed by atoms with E-state index >= 15 is 0 Å². The largest absolute Gasteiger partial charge is 0.465 e. The van der Waals surface area contributed by atoms with Crippen LogP contribution in [0.3, 0.4) is 0 Å². The maximum absolute atomic E-state index is 12.0. The molecule has 0 aliphatic carbocycles. The van der Waals surface area contributed by atoms with Gasteiger partial charge in [0.25, 0.3) is 0 Å². The summed E-state index contributed by atoms with van der Waals surface area (Å²) < 4.78 is 4.74. The van der Waals surface area contributed by atoms with Crippen LogP contribution in [-0.4, -0.2) is 24.1 Å². The Morgan fingerprint density at radius 3 is 2.35 bits per heavy atom. The van der Waals surface area contributed by atoms with Gasteiger partial charge in [-0.3, -0.25) is 14.4 Å². The molecular formula is C16H18O4. The van der Waals surface area contributed by atoms with Crippen LogP contribution in [0.15, 0.2) is 35.9 Å². The molecule has 0 spiro atoms. The minimum Gasteiger partial charge on any atom is -0.465 e. The van der Waals surface area contributed by atoms with Gasteiger partial charge in [-0.1, -0.05) is 30.3 Å². The third-order valence-corrected chi connectivity index (χ3v) is 2.80. The Hall–Kier alpha value is -2.23. The average molecular weight is 274 g/mol. The highest BCUT2D eigenvalue weighted by molar-refractivity contribution is 6.47. The quantitative estimate of drug-likeness (QED) is 0.346. The number of Topliss-reactive ketones (excluding diaryl/α,β-unsaturated/α-hetero) is 2. The molecule has 0 saturated carbocycles. The molecule has 0 heterocycles. The zero-order chi connectivity index (χ0) is 15.1. The lowest BCUT2D eigenvalue weighted by atomic mass is 9.97. The standard InChI is InChI=1S/C16H18O4/c1-4-20-16(19)12(3)15(18)14(17)11(2)10-13-8-6-5-7-9-13/h5-10,12H,4H2,1-3H3/b11-10+. The molecule has 0 N–H and O–H groups in total. The summed E-state index contributed by atoms with van der Waals surface area (Å²) in [4.78, 5) is 35.3. The summed E-state index contributed by atoms with van der Waals surface area (Å²) in [5.74, 6) is -3.14. The van der Waals surface area contributed by atoms with E-state index in [-0.39, 0.29) is 6.61 Å². The van der Waals surface area contributed by atoms with E-state index in [9.17, 15) is 14.4 Å². The molecule has 0 fully saturated rings. The first kappa shape index (κ1) is 15.8. The highest BCUT2D eigenvalue weighted by atomic mass is 16.5. The van der Waals surface area contributed by atoms with Crippen LogP contribution in [0.5, 0.6) is 0 Å². The van der Waals surface area contributed by atoms with E-state index in [2.05, 4.69) is 0 Å². The molecule has 0 saturated heterocycles. The summed E-state index contributed by atoms with van der Waals surface area (Å²) in [6.07, 6.45) is 1.62. The second-order valence-corrected chi connectivity index (χ2v) is 4.41. The molecule has 1 unspecified atom stereocenters. The molecule has 0 aromatic heterocycles. The van der Waals surface area contributed by atoms with Crippen LogP contribution in [0, 0.1) is 5.92 Å². The molecule has 106 valence electrons. The van der Waals surface area contributed by atoms with Crippen LogP contribution in [0.1, 0.15) is 26.3 Å². The number of benzene rings is 1. The fourth-order valence-corrected chi connectivity index (χ4v) is 1.63. The first-order chi connectivity index (χ1) is 9.47.